The molecule has 5 nitrogen and oxygen atoms in total. The molecular weight excluding hydrogens is 244 g/mol. The number of carboxylic acids is 1. The molecule has 0 saturated carbocycles. The van der Waals surface area contributed by atoms with Crippen molar-refractivity contribution in [3.8, 4) is 0 Å². The van der Waals surface area contributed by atoms with Gasteiger partial charge in [0.2, 0.25) is 0 Å². The lowest BCUT2D eigenvalue weighted by Crippen LogP contribution is -2.47. The van der Waals surface area contributed by atoms with Gasteiger partial charge in [-0.25, -0.2) is 9.78 Å². The van der Waals surface area contributed by atoms with E-state index >= 15 is 0 Å². The van der Waals surface area contributed by atoms with Crippen LogP contribution in [0.5, 0.6) is 0 Å². The highest BCUT2D eigenvalue weighted by Gasteiger charge is 2.33. The number of anilines is 1. The Bertz CT molecular complexity index is 608. The third kappa shape index (κ3) is 2.05. The van der Waals surface area contributed by atoms with E-state index in [0.29, 0.717) is 18.2 Å². The number of hydrogen-bond donors (Lipinski definition) is 1. The Morgan fingerprint density at radius 3 is 3.16 bits per heavy atom. The lowest BCUT2D eigenvalue weighted by Gasteiger charge is -2.37. The normalized spacial score (nSPS) is 23.7. The average Bonchev–Trinajstić information content (AvgIpc) is 2.86. The molecule has 1 fully saturated rings. The van der Waals surface area contributed by atoms with Gasteiger partial charge in [-0.05, 0) is 30.9 Å². The molecule has 2 unspecified atom stereocenters. The minimum Gasteiger partial charge on any atom is -0.480 e. The maximum Gasteiger partial charge on any atom is 0.326 e. The lowest BCUT2D eigenvalue weighted by atomic mass is 9.92. The summed E-state index contributed by atoms with van der Waals surface area (Å²) < 4.78 is 5.35. The van der Waals surface area contributed by atoms with Gasteiger partial charge in [-0.3, -0.25) is 0 Å². The number of hydrogen-bond acceptors (Lipinski definition) is 4. The fourth-order valence-corrected chi connectivity index (χ4v) is 2.74. The Labute approximate surface area is 110 Å². The molecule has 0 aliphatic carbocycles. The van der Waals surface area contributed by atoms with Crippen molar-refractivity contribution in [2.24, 2.45) is 5.92 Å². The second-order valence-electron chi connectivity index (χ2n) is 5.14. The molecule has 0 radical (unpaired) electrons. The lowest BCUT2D eigenvalue weighted by molar-refractivity contribution is -0.139. The molecule has 1 aliphatic rings. The summed E-state index contributed by atoms with van der Waals surface area (Å²) in [4.78, 5) is 17.7. The van der Waals surface area contributed by atoms with E-state index in [1.165, 1.54) is 0 Å². The third-order valence-electron chi connectivity index (χ3n) is 3.78. The summed E-state index contributed by atoms with van der Waals surface area (Å²) in [5.41, 5.74) is 0.743. The number of pyridine rings is 1. The third-order valence-corrected chi connectivity index (χ3v) is 3.78. The van der Waals surface area contributed by atoms with Gasteiger partial charge in [-0.1, -0.05) is 6.92 Å². The first-order chi connectivity index (χ1) is 9.16. The van der Waals surface area contributed by atoms with Crippen molar-refractivity contribution in [1.82, 2.24) is 4.98 Å². The zero-order valence-electron chi connectivity index (χ0n) is 10.7. The molecule has 0 bridgehead atoms. The molecule has 2 atom stereocenters. The summed E-state index contributed by atoms with van der Waals surface area (Å²) in [6, 6.07) is 3.13. The second-order valence-corrected chi connectivity index (χ2v) is 5.14. The smallest absolute Gasteiger partial charge is 0.326 e. The predicted octanol–water partition coefficient (Wildman–Crippen LogP) is 2.52. The number of furan rings is 1. The van der Waals surface area contributed by atoms with Crippen molar-refractivity contribution in [2.45, 2.75) is 25.8 Å². The van der Waals surface area contributed by atoms with E-state index in [9.17, 15) is 9.90 Å². The van der Waals surface area contributed by atoms with Crippen LogP contribution in [0.25, 0.3) is 11.0 Å². The van der Waals surface area contributed by atoms with Crippen molar-refractivity contribution in [3.63, 3.8) is 0 Å². The van der Waals surface area contributed by atoms with Crippen LogP contribution in [-0.2, 0) is 4.79 Å². The van der Waals surface area contributed by atoms with Crippen LogP contribution in [0.1, 0.15) is 19.8 Å². The summed E-state index contributed by atoms with van der Waals surface area (Å²) >= 11 is 0. The number of carboxylic acid groups (broad SMARTS) is 1. The minimum atomic E-state index is -0.783. The van der Waals surface area contributed by atoms with Crippen LogP contribution in [0, 0.1) is 5.92 Å². The molecule has 2 aromatic rings. The Morgan fingerprint density at radius 2 is 2.37 bits per heavy atom. The van der Waals surface area contributed by atoms with Gasteiger partial charge in [0.25, 0.3) is 0 Å². The molecule has 3 heterocycles. The number of rotatable bonds is 2. The zero-order chi connectivity index (χ0) is 13.4. The second kappa shape index (κ2) is 4.57. The van der Waals surface area contributed by atoms with E-state index in [2.05, 4.69) is 11.9 Å². The molecule has 3 rings (SSSR count). The van der Waals surface area contributed by atoms with Crippen LogP contribution in [0.4, 0.5) is 5.82 Å². The SMILES string of the molecule is CC1CCN(c2nccc3occc23)C(C(=O)O)C1. The van der Waals surface area contributed by atoms with Gasteiger partial charge in [-0.15, -0.1) is 0 Å². The first kappa shape index (κ1) is 12.0. The van der Waals surface area contributed by atoms with Gasteiger partial charge >= 0.3 is 5.97 Å². The number of nitrogens with zero attached hydrogens (tertiary/aromatic N) is 2. The topological polar surface area (TPSA) is 66.6 Å². The van der Waals surface area contributed by atoms with Crippen molar-refractivity contribution < 1.29 is 14.3 Å². The molecule has 1 N–H and O–H groups in total. The van der Waals surface area contributed by atoms with Crippen LogP contribution in [0.15, 0.2) is 29.0 Å². The van der Waals surface area contributed by atoms with E-state index in [4.69, 9.17) is 4.42 Å². The molecule has 0 spiro atoms. The van der Waals surface area contributed by atoms with E-state index in [1.54, 1.807) is 18.5 Å². The van der Waals surface area contributed by atoms with Gasteiger partial charge in [-0.2, -0.15) is 0 Å². The number of aromatic nitrogens is 1. The first-order valence-corrected chi connectivity index (χ1v) is 6.48. The first-order valence-electron chi connectivity index (χ1n) is 6.48. The highest BCUT2D eigenvalue weighted by atomic mass is 16.4. The fourth-order valence-electron chi connectivity index (χ4n) is 2.74. The van der Waals surface area contributed by atoms with Crippen molar-refractivity contribution in [2.75, 3.05) is 11.4 Å². The molecule has 100 valence electrons. The zero-order valence-corrected chi connectivity index (χ0v) is 10.7. The van der Waals surface area contributed by atoms with E-state index in [0.717, 1.165) is 23.9 Å². The number of aliphatic carboxylic acids is 1. The van der Waals surface area contributed by atoms with Crippen LogP contribution in [0.2, 0.25) is 0 Å². The Kier molecular flexibility index (Phi) is 2.89. The molecular formula is C14H16N2O3. The summed E-state index contributed by atoms with van der Waals surface area (Å²) in [6.07, 6.45) is 4.92. The summed E-state index contributed by atoms with van der Waals surface area (Å²) in [5.74, 6) is 0.361. The van der Waals surface area contributed by atoms with Gasteiger partial charge in [0.15, 0.2) is 0 Å². The van der Waals surface area contributed by atoms with Crippen LogP contribution < -0.4 is 4.90 Å². The van der Waals surface area contributed by atoms with E-state index in [-0.39, 0.29) is 0 Å². The van der Waals surface area contributed by atoms with Crippen molar-refractivity contribution in [3.05, 3.63) is 24.6 Å². The fraction of sp³-hybridized carbons (Fsp3) is 0.429. The maximum absolute atomic E-state index is 11.5. The molecule has 0 amide bonds. The molecule has 19 heavy (non-hydrogen) atoms. The average molecular weight is 260 g/mol. The summed E-state index contributed by atoms with van der Waals surface area (Å²) in [6.45, 7) is 2.81. The van der Waals surface area contributed by atoms with Gasteiger partial charge in [0, 0.05) is 12.7 Å². The molecule has 1 aliphatic heterocycles. The van der Waals surface area contributed by atoms with E-state index < -0.39 is 12.0 Å². The van der Waals surface area contributed by atoms with Gasteiger partial charge in [0.05, 0.1) is 11.6 Å². The van der Waals surface area contributed by atoms with Crippen LogP contribution >= 0.6 is 0 Å². The standard InChI is InChI=1S/C14H16N2O3/c1-9-3-6-16(11(8-9)14(17)18)13-10-4-7-19-12(10)2-5-15-13/h2,4-5,7,9,11H,3,6,8H2,1H3,(H,17,18). The highest BCUT2D eigenvalue weighted by Crippen LogP contribution is 2.32. The molecule has 2 aromatic heterocycles. The summed E-state index contributed by atoms with van der Waals surface area (Å²) in [5, 5.41) is 10.3. The monoisotopic (exact) mass is 260 g/mol. The Hall–Kier alpha value is -2.04. The maximum atomic E-state index is 11.5. The van der Waals surface area contributed by atoms with Gasteiger partial charge < -0.3 is 14.4 Å². The van der Waals surface area contributed by atoms with Crippen molar-refractivity contribution in [1.29, 1.82) is 0 Å². The number of carbonyl (C=O) groups is 1. The van der Waals surface area contributed by atoms with Crippen LogP contribution in [-0.4, -0.2) is 28.6 Å². The number of piperidine rings is 1. The summed E-state index contributed by atoms with van der Waals surface area (Å²) in [7, 11) is 0. The Balaban J connectivity index is 2.04. The highest BCUT2D eigenvalue weighted by molar-refractivity contribution is 5.90. The molecule has 1 saturated heterocycles. The van der Waals surface area contributed by atoms with Crippen molar-refractivity contribution >= 4 is 22.8 Å². The van der Waals surface area contributed by atoms with E-state index in [1.807, 2.05) is 11.0 Å². The number of fused-ring (bicyclic) bond motifs is 1. The predicted molar refractivity (Wildman–Crippen MR) is 71.2 cm³/mol. The van der Waals surface area contributed by atoms with Gasteiger partial charge in [0.1, 0.15) is 17.4 Å². The van der Waals surface area contributed by atoms with Crippen LogP contribution in [0.3, 0.4) is 0 Å². The Morgan fingerprint density at radius 1 is 1.53 bits per heavy atom. The largest absolute Gasteiger partial charge is 0.480 e. The molecule has 0 aromatic carbocycles. The molecule has 5 heteroatoms. The quantitative estimate of drug-likeness (QED) is 0.898. The minimum absolute atomic E-state index is 0.431.